The van der Waals surface area contributed by atoms with Gasteiger partial charge in [-0.05, 0) is 93.5 Å². The molecule has 3 nitrogen and oxygen atoms in total. The summed E-state index contributed by atoms with van der Waals surface area (Å²) in [6, 6.07) is 0. The topological polar surface area (TPSA) is 9.72 Å². The van der Waals surface area contributed by atoms with Crippen molar-refractivity contribution in [2.24, 2.45) is 0 Å². The molecule has 0 aromatic heterocycles. The summed E-state index contributed by atoms with van der Waals surface area (Å²) in [4.78, 5) is 6.83. The van der Waals surface area contributed by atoms with Crippen LogP contribution in [0, 0.1) is 5.92 Å². The Labute approximate surface area is 109 Å². The molecule has 3 heteroatoms. The monoisotopic (exact) mass is 242 g/mol. The molecule has 17 heavy (non-hydrogen) atoms. The van der Waals surface area contributed by atoms with Crippen LogP contribution in [-0.4, -0.2) is 76.6 Å². The molecular weight excluding hydrogens is 210 g/mol. The quantitative estimate of drug-likeness (QED) is 0.578. The summed E-state index contributed by atoms with van der Waals surface area (Å²) >= 11 is 0. The summed E-state index contributed by atoms with van der Waals surface area (Å²) in [5, 5.41) is 0. The third-order valence-electron chi connectivity index (χ3n) is 2.96. The van der Waals surface area contributed by atoms with Crippen molar-refractivity contribution in [1.29, 1.82) is 0 Å². The van der Waals surface area contributed by atoms with Gasteiger partial charge in [0.2, 0.25) is 0 Å². The van der Waals surface area contributed by atoms with Gasteiger partial charge in [0.1, 0.15) is 0 Å². The van der Waals surface area contributed by atoms with E-state index in [1.165, 1.54) is 45.3 Å². The Morgan fingerprint density at radius 1 is 0.588 bits per heavy atom. The Balaban J connectivity index is 3.84. The van der Waals surface area contributed by atoms with Crippen LogP contribution in [0.5, 0.6) is 0 Å². The zero-order valence-electron chi connectivity index (χ0n) is 12.8. The first-order chi connectivity index (χ1) is 7.91. The van der Waals surface area contributed by atoms with Crippen molar-refractivity contribution >= 4 is 0 Å². The zero-order chi connectivity index (χ0) is 13.3. The first-order valence-electron chi connectivity index (χ1n) is 6.69. The molecule has 0 aromatic rings. The molecule has 0 aromatic carbocycles. The number of hydrogen-bond acceptors (Lipinski definition) is 3. The fourth-order valence-electron chi connectivity index (χ4n) is 1.78. The average Bonchev–Trinajstić information content (AvgIpc) is 2.20. The van der Waals surface area contributed by atoms with Crippen molar-refractivity contribution in [2.45, 2.75) is 25.7 Å². The second kappa shape index (κ2) is 9.86. The summed E-state index contributed by atoms with van der Waals surface area (Å²) in [6.07, 6.45) is 5.10. The highest BCUT2D eigenvalue weighted by molar-refractivity contribution is 4.90. The van der Waals surface area contributed by atoms with E-state index in [9.17, 15) is 0 Å². The van der Waals surface area contributed by atoms with Crippen LogP contribution in [0.25, 0.3) is 0 Å². The number of nitrogens with zero attached hydrogens (tertiary/aromatic N) is 3. The predicted molar refractivity (Wildman–Crippen MR) is 77.4 cm³/mol. The summed E-state index contributed by atoms with van der Waals surface area (Å²) in [5.41, 5.74) is 0. The van der Waals surface area contributed by atoms with E-state index in [-0.39, 0.29) is 0 Å². The van der Waals surface area contributed by atoms with Gasteiger partial charge in [0.05, 0.1) is 0 Å². The van der Waals surface area contributed by atoms with Gasteiger partial charge in [0.25, 0.3) is 0 Å². The molecule has 0 aliphatic rings. The molecule has 0 amide bonds. The van der Waals surface area contributed by atoms with Crippen molar-refractivity contribution in [3.63, 3.8) is 0 Å². The maximum Gasteiger partial charge on any atom is -0.00193 e. The fraction of sp³-hybridized carbons (Fsp3) is 0.929. The summed E-state index contributed by atoms with van der Waals surface area (Å²) in [5.74, 6) is 1.73. The van der Waals surface area contributed by atoms with E-state index >= 15 is 0 Å². The van der Waals surface area contributed by atoms with E-state index in [2.05, 4.69) is 57.0 Å². The van der Waals surface area contributed by atoms with Crippen molar-refractivity contribution in [2.75, 3.05) is 61.9 Å². The van der Waals surface area contributed by atoms with E-state index in [1.54, 1.807) is 5.92 Å². The Morgan fingerprint density at radius 2 is 1.00 bits per heavy atom. The third kappa shape index (κ3) is 12.1. The van der Waals surface area contributed by atoms with Gasteiger partial charge in [-0.15, -0.1) is 0 Å². The molecule has 0 unspecified atom stereocenters. The lowest BCUT2D eigenvalue weighted by Gasteiger charge is -2.21. The molecule has 0 atom stereocenters. The van der Waals surface area contributed by atoms with Crippen molar-refractivity contribution < 1.29 is 0 Å². The molecule has 0 fully saturated rings. The van der Waals surface area contributed by atoms with Crippen LogP contribution in [0.3, 0.4) is 0 Å². The van der Waals surface area contributed by atoms with Crippen LogP contribution in [-0.2, 0) is 0 Å². The van der Waals surface area contributed by atoms with Crippen LogP contribution >= 0.6 is 0 Å². The molecule has 103 valence electrons. The molecule has 0 aliphatic heterocycles. The first-order valence-corrected chi connectivity index (χ1v) is 6.69. The number of hydrogen-bond donors (Lipinski definition) is 0. The maximum absolute atomic E-state index is 2.28. The van der Waals surface area contributed by atoms with E-state index in [1.807, 2.05) is 0 Å². The molecule has 0 spiro atoms. The van der Waals surface area contributed by atoms with Gasteiger partial charge in [-0.2, -0.15) is 0 Å². The Morgan fingerprint density at radius 3 is 1.35 bits per heavy atom. The number of rotatable bonds is 10. The van der Waals surface area contributed by atoms with Crippen LogP contribution in [0.1, 0.15) is 25.7 Å². The fourth-order valence-corrected chi connectivity index (χ4v) is 1.78. The molecule has 1 radical (unpaired) electrons. The van der Waals surface area contributed by atoms with Gasteiger partial charge >= 0.3 is 0 Å². The van der Waals surface area contributed by atoms with Crippen LogP contribution in [0.2, 0.25) is 0 Å². The van der Waals surface area contributed by atoms with Gasteiger partial charge in [0, 0.05) is 0 Å². The smallest absolute Gasteiger partial charge is 0.00193 e. The van der Waals surface area contributed by atoms with Crippen molar-refractivity contribution in [3.8, 4) is 0 Å². The zero-order valence-corrected chi connectivity index (χ0v) is 12.8. The van der Waals surface area contributed by atoms with Crippen molar-refractivity contribution in [1.82, 2.24) is 14.7 Å². The molecule has 0 saturated carbocycles. The first kappa shape index (κ1) is 16.9. The second-order valence-electron chi connectivity index (χ2n) is 5.76. The normalized spacial score (nSPS) is 12.4. The van der Waals surface area contributed by atoms with E-state index in [4.69, 9.17) is 0 Å². The lowest BCUT2D eigenvalue weighted by Crippen LogP contribution is -2.21. The predicted octanol–water partition coefficient (Wildman–Crippen LogP) is 1.81. The van der Waals surface area contributed by atoms with E-state index < -0.39 is 0 Å². The van der Waals surface area contributed by atoms with Gasteiger partial charge in [-0.25, -0.2) is 0 Å². The van der Waals surface area contributed by atoms with E-state index in [0.717, 1.165) is 0 Å². The summed E-state index contributed by atoms with van der Waals surface area (Å²) in [7, 11) is 12.9. The lowest BCUT2D eigenvalue weighted by atomic mass is 9.95. The minimum Gasteiger partial charge on any atom is -0.309 e. The highest BCUT2D eigenvalue weighted by Gasteiger charge is 2.10. The van der Waals surface area contributed by atoms with Crippen molar-refractivity contribution in [3.05, 3.63) is 5.92 Å². The molecule has 0 N–H and O–H groups in total. The average molecular weight is 242 g/mol. The Hall–Kier alpha value is -0.120. The molecule has 0 heterocycles. The standard InChI is InChI=1S/C14H32N3/c1-15(2)11-7-8-14(9-12-16(3)4)10-13-17(5)6/h7-13H2,1-6H3. The minimum atomic E-state index is 1.19. The third-order valence-corrected chi connectivity index (χ3v) is 2.96. The minimum absolute atomic E-state index is 1.19. The SMILES string of the molecule is CN(C)CCC[C](CCN(C)C)CCN(C)C. The Kier molecular flexibility index (Phi) is 9.79. The summed E-state index contributed by atoms with van der Waals surface area (Å²) < 4.78 is 0. The van der Waals surface area contributed by atoms with Crippen LogP contribution in [0.15, 0.2) is 0 Å². The molecule has 0 rings (SSSR count). The van der Waals surface area contributed by atoms with Crippen LogP contribution in [0.4, 0.5) is 0 Å². The second-order valence-corrected chi connectivity index (χ2v) is 5.76. The molecule has 0 bridgehead atoms. The molecular formula is C14H32N3. The van der Waals surface area contributed by atoms with Gasteiger partial charge in [-0.3, -0.25) is 0 Å². The lowest BCUT2D eigenvalue weighted by molar-refractivity contribution is 0.355. The van der Waals surface area contributed by atoms with Gasteiger partial charge < -0.3 is 14.7 Å². The molecule has 0 saturated heterocycles. The Bertz CT molecular complexity index is 155. The summed E-state index contributed by atoms with van der Waals surface area (Å²) in [6.45, 7) is 3.57. The maximum atomic E-state index is 2.28. The van der Waals surface area contributed by atoms with E-state index in [0.29, 0.717) is 0 Å². The van der Waals surface area contributed by atoms with Crippen LogP contribution < -0.4 is 0 Å². The van der Waals surface area contributed by atoms with Gasteiger partial charge in [-0.1, -0.05) is 0 Å². The highest BCUT2D eigenvalue weighted by Crippen LogP contribution is 2.19. The largest absolute Gasteiger partial charge is 0.309 e. The molecule has 0 aliphatic carbocycles. The highest BCUT2D eigenvalue weighted by atomic mass is 15.1. The van der Waals surface area contributed by atoms with Gasteiger partial charge in [0.15, 0.2) is 0 Å².